The second-order valence-electron chi connectivity index (χ2n) is 18.1. The van der Waals surface area contributed by atoms with E-state index in [0.29, 0.717) is 0 Å². The lowest BCUT2D eigenvalue weighted by Crippen LogP contribution is -2.25. The van der Waals surface area contributed by atoms with Crippen molar-refractivity contribution < 1.29 is 0 Å². The van der Waals surface area contributed by atoms with Crippen molar-refractivity contribution >= 4 is 17.1 Å². The predicted octanol–water partition coefficient (Wildman–Crippen LogP) is 17.9. The first kappa shape index (κ1) is 42.0. The molecule has 1 nitrogen and oxygen atoms in total. The number of rotatable bonds is 23. The lowest BCUT2D eigenvalue weighted by molar-refractivity contribution is 0.401. The molecule has 5 aromatic rings. The Morgan fingerprint density at radius 1 is 0.345 bits per heavy atom. The molecule has 0 saturated heterocycles. The van der Waals surface area contributed by atoms with Gasteiger partial charge in [-0.25, -0.2) is 0 Å². The van der Waals surface area contributed by atoms with Crippen LogP contribution in [0, 0.1) is 6.92 Å². The average Bonchev–Trinajstić information content (AvgIpc) is 3.68. The SMILES string of the molecule is CCCCCCC1(CCCCCC)c2ccccc2-c2cc(N(c3ccc(C)cc3)c3ccc4c(c3)-c3ccccc3C4(CCCCCC)CCCCCC)ccc21. The molecule has 0 aromatic heterocycles. The predicted molar refractivity (Wildman–Crippen MR) is 253 cm³/mol. The van der Waals surface area contributed by atoms with Crippen molar-refractivity contribution in [3.63, 3.8) is 0 Å². The zero-order chi connectivity index (χ0) is 40.4. The van der Waals surface area contributed by atoms with Gasteiger partial charge in [0.05, 0.1) is 0 Å². The van der Waals surface area contributed by atoms with E-state index in [1.807, 2.05) is 0 Å². The van der Waals surface area contributed by atoms with Crippen LogP contribution in [0.4, 0.5) is 17.1 Å². The first-order chi connectivity index (χ1) is 28.5. The van der Waals surface area contributed by atoms with Crippen LogP contribution >= 0.6 is 0 Å². The van der Waals surface area contributed by atoms with Crippen LogP contribution in [0.5, 0.6) is 0 Å². The molecule has 1 heteroatoms. The molecular weight excluding hydrogens is 699 g/mol. The van der Waals surface area contributed by atoms with Crippen molar-refractivity contribution in [1.29, 1.82) is 0 Å². The Balaban J connectivity index is 1.34. The quantitative estimate of drug-likeness (QED) is 0.0598. The Bertz CT molecular complexity index is 1920. The van der Waals surface area contributed by atoms with Gasteiger partial charge in [-0.1, -0.05) is 209 Å². The van der Waals surface area contributed by atoms with Gasteiger partial charge in [0.1, 0.15) is 0 Å². The number of benzene rings is 5. The van der Waals surface area contributed by atoms with Crippen molar-refractivity contribution in [3.8, 4) is 22.3 Å². The summed E-state index contributed by atoms with van der Waals surface area (Å²) in [5.41, 5.74) is 17.3. The summed E-state index contributed by atoms with van der Waals surface area (Å²) in [5, 5.41) is 0. The molecule has 0 saturated carbocycles. The van der Waals surface area contributed by atoms with Gasteiger partial charge in [-0.15, -0.1) is 0 Å². The summed E-state index contributed by atoms with van der Waals surface area (Å²) in [4.78, 5) is 2.55. The molecule has 0 heterocycles. The third kappa shape index (κ3) is 8.48. The molecule has 0 bridgehead atoms. The Kier molecular flexibility index (Phi) is 14.3. The molecule has 2 aliphatic rings. The topological polar surface area (TPSA) is 3.24 Å². The van der Waals surface area contributed by atoms with Crippen molar-refractivity contribution in [1.82, 2.24) is 0 Å². The zero-order valence-corrected chi connectivity index (χ0v) is 37.0. The van der Waals surface area contributed by atoms with Gasteiger partial charge in [0.15, 0.2) is 0 Å². The van der Waals surface area contributed by atoms with Crippen molar-refractivity contribution in [2.24, 2.45) is 0 Å². The smallest absolute Gasteiger partial charge is 0.0468 e. The fourth-order valence-corrected chi connectivity index (χ4v) is 11.1. The highest BCUT2D eigenvalue weighted by molar-refractivity contribution is 5.89. The van der Waals surface area contributed by atoms with Gasteiger partial charge in [-0.2, -0.15) is 0 Å². The van der Waals surface area contributed by atoms with Crippen LogP contribution in [0.1, 0.15) is 184 Å². The standard InChI is InChI=1S/C57H73N/c1-6-10-14-22-38-56(39-23-15-11-7-2)52-28-20-18-26-48(52)50-42-46(34-36-54(50)56)58(45-32-30-44(5)31-33-45)47-35-37-55-51(43-47)49-27-19-21-29-53(49)57(55,40-24-16-12-8-3)41-25-17-13-9-4/h18-21,26-37,42-43H,6-17,22-25,38-41H2,1-5H3. The van der Waals surface area contributed by atoms with Gasteiger partial charge in [-0.3, -0.25) is 0 Å². The van der Waals surface area contributed by atoms with Crippen molar-refractivity contribution in [3.05, 3.63) is 137 Å². The molecule has 58 heavy (non-hydrogen) atoms. The van der Waals surface area contributed by atoms with Crippen LogP contribution in [0.3, 0.4) is 0 Å². The van der Waals surface area contributed by atoms with Crippen molar-refractivity contribution in [2.75, 3.05) is 4.90 Å². The summed E-state index contributed by atoms with van der Waals surface area (Å²) >= 11 is 0. The van der Waals surface area contributed by atoms with E-state index in [9.17, 15) is 0 Å². The van der Waals surface area contributed by atoms with Crippen LogP contribution in [0.2, 0.25) is 0 Å². The van der Waals surface area contributed by atoms with E-state index < -0.39 is 0 Å². The number of anilines is 3. The van der Waals surface area contributed by atoms with E-state index in [0.717, 1.165) is 0 Å². The molecule has 0 fully saturated rings. The number of nitrogens with zero attached hydrogens (tertiary/aromatic N) is 1. The molecule has 7 rings (SSSR count). The normalized spacial score (nSPS) is 14.2. The second kappa shape index (κ2) is 19.8. The van der Waals surface area contributed by atoms with Gasteiger partial charge >= 0.3 is 0 Å². The molecule has 0 amide bonds. The molecule has 2 aliphatic carbocycles. The highest BCUT2D eigenvalue weighted by Gasteiger charge is 2.44. The fraction of sp³-hybridized carbons (Fsp3) is 0.474. The van der Waals surface area contributed by atoms with Gasteiger partial charge in [-0.05, 0) is 114 Å². The van der Waals surface area contributed by atoms with Gasteiger partial charge in [0, 0.05) is 27.9 Å². The lowest BCUT2D eigenvalue weighted by Gasteiger charge is -2.34. The number of aryl methyl sites for hydroxylation is 1. The monoisotopic (exact) mass is 772 g/mol. The first-order valence-electron chi connectivity index (χ1n) is 23.9. The van der Waals surface area contributed by atoms with E-state index in [-0.39, 0.29) is 10.8 Å². The molecular formula is C57H73N. The van der Waals surface area contributed by atoms with Gasteiger partial charge in [0.2, 0.25) is 0 Å². The molecule has 0 atom stereocenters. The Morgan fingerprint density at radius 3 is 1.07 bits per heavy atom. The number of unbranched alkanes of at least 4 members (excludes halogenated alkanes) is 12. The summed E-state index contributed by atoms with van der Waals surface area (Å²) < 4.78 is 0. The lowest BCUT2D eigenvalue weighted by atomic mass is 9.70. The Morgan fingerprint density at radius 2 is 0.690 bits per heavy atom. The maximum absolute atomic E-state index is 2.56. The molecule has 0 radical (unpaired) electrons. The summed E-state index contributed by atoms with van der Waals surface area (Å²) in [6.45, 7) is 11.5. The summed E-state index contributed by atoms with van der Waals surface area (Å²) in [6, 6.07) is 43.3. The first-order valence-corrected chi connectivity index (χ1v) is 23.9. The van der Waals surface area contributed by atoms with E-state index in [2.05, 4.69) is 149 Å². The second-order valence-corrected chi connectivity index (χ2v) is 18.1. The minimum absolute atomic E-state index is 0.0928. The Hall–Kier alpha value is -4.10. The van der Waals surface area contributed by atoms with Crippen LogP contribution in [-0.4, -0.2) is 0 Å². The molecule has 5 aromatic carbocycles. The van der Waals surface area contributed by atoms with Crippen LogP contribution < -0.4 is 4.90 Å². The molecule has 0 N–H and O–H groups in total. The van der Waals surface area contributed by atoms with E-state index in [1.54, 1.807) is 22.3 Å². The number of hydrogen-bond donors (Lipinski definition) is 0. The highest BCUT2D eigenvalue weighted by atomic mass is 15.1. The summed E-state index contributed by atoms with van der Waals surface area (Å²) in [6.07, 6.45) is 25.9. The minimum atomic E-state index is 0.0928. The van der Waals surface area contributed by atoms with Gasteiger partial charge < -0.3 is 4.90 Å². The highest BCUT2D eigenvalue weighted by Crippen LogP contribution is 2.57. The Labute approximate surface area is 353 Å². The van der Waals surface area contributed by atoms with Crippen LogP contribution in [-0.2, 0) is 10.8 Å². The van der Waals surface area contributed by atoms with Gasteiger partial charge in [0.25, 0.3) is 0 Å². The number of hydrogen-bond acceptors (Lipinski definition) is 1. The minimum Gasteiger partial charge on any atom is -0.310 e. The molecule has 306 valence electrons. The molecule has 0 spiro atoms. The summed E-state index contributed by atoms with van der Waals surface area (Å²) in [7, 11) is 0. The molecule has 0 aliphatic heterocycles. The largest absolute Gasteiger partial charge is 0.310 e. The summed E-state index contributed by atoms with van der Waals surface area (Å²) in [5.74, 6) is 0. The van der Waals surface area contributed by atoms with Crippen LogP contribution in [0.25, 0.3) is 22.3 Å². The zero-order valence-electron chi connectivity index (χ0n) is 37.0. The molecule has 0 unspecified atom stereocenters. The van der Waals surface area contributed by atoms with E-state index >= 15 is 0 Å². The van der Waals surface area contributed by atoms with E-state index in [4.69, 9.17) is 0 Å². The van der Waals surface area contributed by atoms with Crippen LogP contribution in [0.15, 0.2) is 109 Å². The fourth-order valence-electron chi connectivity index (χ4n) is 11.1. The maximum Gasteiger partial charge on any atom is 0.0468 e. The third-order valence-corrected chi connectivity index (χ3v) is 14.1. The van der Waals surface area contributed by atoms with Crippen molar-refractivity contribution in [2.45, 2.75) is 174 Å². The third-order valence-electron chi connectivity index (χ3n) is 14.1. The number of fused-ring (bicyclic) bond motifs is 6. The average molecular weight is 772 g/mol. The maximum atomic E-state index is 2.56. The van der Waals surface area contributed by atoms with E-state index in [1.165, 1.54) is 173 Å².